The molecule has 1 spiro atoms. The SMILES string of the molecule is COc1cccc(CC(=O)C2C3C=CC4(O3)C(C(=O)CC3CCCCC3C)C(Cc3ccc(C)cc3)C(=O)C24)c1. The summed E-state index contributed by atoms with van der Waals surface area (Å²) in [5.41, 5.74) is 2.04. The lowest BCUT2D eigenvalue weighted by atomic mass is 9.69. The van der Waals surface area contributed by atoms with Gasteiger partial charge in [-0.2, -0.15) is 0 Å². The first-order chi connectivity index (χ1) is 19.3. The van der Waals surface area contributed by atoms with Crippen LogP contribution in [0.15, 0.2) is 60.7 Å². The Morgan fingerprint density at radius 2 is 1.80 bits per heavy atom. The molecular formula is C35H40O5. The van der Waals surface area contributed by atoms with Crippen LogP contribution in [0.2, 0.25) is 0 Å². The second-order valence-corrected chi connectivity index (χ2v) is 12.7. The van der Waals surface area contributed by atoms with Gasteiger partial charge in [0.15, 0.2) is 0 Å². The van der Waals surface area contributed by atoms with Crippen molar-refractivity contribution in [3.05, 3.63) is 77.4 Å². The molecule has 40 heavy (non-hydrogen) atoms. The lowest BCUT2D eigenvalue weighted by Gasteiger charge is -2.34. The maximum atomic E-state index is 14.3. The van der Waals surface area contributed by atoms with Gasteiger partial charge >= 0.3 is 0 Å². The molecular weight excluding hydrogens is 500 g/mol. The van der Waals surface area contributed by atoms with Gasteiger partial charge in [-0.25, -0.2) is 0 Å². The quantitative estimate of drug-likeness (QED) is 0.371. The van der Waals surface area contributed by atoms with Crippen LogP contribution >= 0.6 is 0 Å². The number of Topliss-reactive ketones (excluding diaryl/α,β-unsaturated/α-hetero) is 3. The number of aryl methyl sites for hydroxylation is 1. The first-order valence-electron chi connectivity index (χ1n) is 15.0. The molecule has 5 heteroatoms. The topological polar surface area (TPSA) is 69.7 Å². The number of ketones is 3. The number of hydrogen-bond donors (Lipinski definition) is 0. The van der Waals surface area contributed by atoms with Gasteiger partial charge in [0.05, 0.1) is 31.0 Å². The van der Waals surface area contributed by atoms with Gasteiger partial charge in [0.2, 0.25) is 0 Å². The second kappa shape index (κ2) is 10.7. The molecule has 4 aliphatic rings. The van der Waals surface area contributed by atoms with Crippen LogP contribution in [0.3, 0.4) is 0 Å². The van der Waals surface area contributed by atoms with Crippen molar-refractivity contribution in [1.29, 1.82) is 0 Å². The lowest BCUT2D eigenvalue weighted by molar-refractivity contribution is -0.135. The van der Waals surface area contributed by atoms with E-state index < -0.39 is 35.4 Å². The molecule has 0 aromatic heterocycles. The van der Waals surface area contributed by atoms with Gasteiger partial charge in [-0.05, 0) is 54.9 Å². The van der Waals surface area contributed by atoms with Crippen LogP contribution in [0.5, 0.6) is 5.75 Å². The van der Waals surface area contributed by atoms with Gasteiger partial charge < -0.3 is 9.47 Å². The monoisotopic (exact) mass is 540 g/mol. The molecule has 2 aromatic carbocycles. The molecule has 2 heterocycles. The van der Waals surface area contributed by atoms with E-state index in [4.69, 9.17) is 9.47 Å². The minimum absolute atomic E-state index is 0.00841. The first-order valence-corrected chi connectivity index (χ1v) is 15.0. The second-order valence-electron chi connectivity index (χ2n) is 12.7. The molecule has 8 unspecified atom stereocenters. The predicted octanol–water partition coefficient (Wildman–Crippen LogP) is 5.90. The molecule has 2 bridgehead atoms. The van der Waals surface area contributed by atoms with E-state index in [0.717, 1.165) is 36.0 Å². The molecule has 6 rings (SSSR count). The van der Waals surface area contributed by atoms with Gasteiger partial charge in [0.25, 0.3) is 0 Å². The highest BCUT2D eigenvalue weighted by molar-refractivity contribution is 6.02. The van der Waals surface area contributed by atoms with Crippen LogP contribution in [-0.2, 0) is 32.0 Å². The Balaban J connectivity index is 1.32. The van der Waals surface area contributed by atoms with Crippen molar-refractivity contribution in [2.45, 2.75) is 70.5 Å². The Labute approximate surface area is 237 Å². The summed E-state index contributed by atoms with van der Waals surface area (Å²) in [6.45, 7) is 4.30. The molecule has 2 saturated carbocycles. The van der Waals surface area contributed by atoms with Crippen molar-refractivity contribution in [2.24, 2.45) is 35.5 Å². The number of methoxy groups -OCH3 is 1. The van der Waals surface area contributed by atoms with E-state index in [-0.39, 0.29) is 23.8 Å². The third-order valence-corrected chi connectivity index (χ3v) is 10.2. The van der Waals surface area contributed by atoms with E-state index in [9.17, 15) is 14.4 Å². The Hall–Kier alpha value is -3.05. The molecule has 5 nitrogen and oxygen atoms in total. The number of hydrogen-bond acceptors (Lipinski definition) is 5. The Morgan fingerprint density at radius 3 is 2.55 bits per heavy atom. The van der Waals surface area contributed by atoms with Gasteiger partial charge in [0, 0.05) is 18.8 Å². The van der Waals surface area contributed by atoms with E-state index in [1.807, 2.05) is 43.3 Å². The van der Waals surface area contributed by atoms with E-state index in [0.29, 0.717) is 30.4 Å². The van der Waals surface area contributed by atoms with Crippen LogP contribution in [0.1, 0.15) is 55.7 Å². The summed E-state index contributed by atoms with van der Waals surface area (Å²) in [5, 5.41) is 0. The number of carbonyl (C=O) groups is 3. The van der Waals surface area contributed by atoms with E-state index in [1.54, 1.807) is 7.11 Å². The average Bonchev–Trinajstić information content (AvgIpc) is 3.59. The summed E-state index contributed by atoms with van der Waals surface area (Å²) >= 11 is 0. The smallest absolute Gasteiger partial charge is 0.144 e. The molecule has 0 amide bonds. The molecule has 2 aromatic rings. The van der Waals surface area contributed by atoms with Crippen molar-refractivity contribution in [2.75, 3.05) is 7.11 Å². The maximum Gasteiger partial charge on any atom is 0.144 e. The van der Waals surface area contributed by atoms with Gasteiger partial charge in [-0.1, -0.05) is 80.3 Å². The standard InChI is InChI=1S/C35H40O5/c1-21-11-13-23(14-12-21)18-27-32(29(37)20-25-9-5-4-7-22(25)2)35-16-15-30(40-35)31(33(35)34(27)38)28(36)19-24-8-6-10-26(17-24)39-3/h6,8,10-17,22,25,27,30-33H,4-5,7,9,18-20H2,1-3H3. The largest absolute Gasteiger partial charge is 0.497 e. The van der Waals surface area contributed by atoms with Crippen LogP contribution < -0.4 is 4.74 Å². The Morgan fingerprint density at radius 1 is 1.02 bits per heavy atom. The fourth-order valence-corrected chi connectivity index (χ4v) is 8.10. The van der Waals surface area contributed by atoms with Crippen molar-refractivity contribution >= 4 is 17.3 Å². The number of benzene rings is 2. The van der Waals surface area contributed by atoms with E-state index in [1.165, 1.54) is 6.42 Å². The summed E-state index contributed by atoms with van der Waals surface area (Å²) in [7, 11) is 1.61. The van der Waals surface area contributed by atoms with E-state index >= 15 is 0 Å². The molecule has 2 aliphatic heterocycles. The lowest BCUT2D eigenvalue weighted by Crippen LogP contribution is -2.44. The highest BCUT2D eigenvalue weighted by Gasteiger charge is 2.72. The fraction of sp³-hybridized carbons (Fsp3) is 0.514. The van der Waals surface area contributed by atoms with Crippen LogP contribution in [0, 0.1) is 42.4 Å². The predicted molar refractivity (Wildman–Crippen MR) is 153 cm³/mol. The molecule has 8 atom stereocenters. The normalized spacial score (nSPS) is 34.2. The third-order valence-electron chi connectivity index (χ3n) is 10.2. The molecule has 0 radical (unpaired) electrons. The molecule has 1 saturated heterocycles. The van der Waals surface area contributed by atoms with Crippen molar-refractivity contribution in [1.82, 2.24) is 0 Å². The van der Waals surface area contributed by atoms with Gasteiger partial charge in [-0.3, -0.25) is 14.4 Å². The molecule has 3 fully saturated rings. The molecule has 210 valence electrons. The Bertz CT molecular complexity index is 1330. The van der Waals surface area contributed by atoms with Crippen molar-refractivity contribution in [3.8, 4) is 5.75 Å². The fourth-order valence-electron chi connectivity index (χ4n) is 8.10. The highest BCUT2D eigenvalue weighted by Crippen LogP contribution is 2.60. The third kappa shape index (κ3) is 4.66. The van der Waals surface area contributed by atoms with Crippen LogP contribution in [-0.4, -0.2) is 36.2 Å². The summed E-state index contributed by atoms with van der Waals surface area (Å²) < 4.78 is 12.0. The summed E-state index contributed by atoms with van der Waals surface area (Å²) in [6.07, 6.45) is 9.23. The zero-order valence-corrected chi connectivity index (χ0v) is 23.8. The minimum atomic E-state index is -1.01. The number of carbonyl (C=O) groups excluding carboxylic acids is 3. The van der Waals surface area contributed by atoms with Crippen LogP contribution in [0.25, 0.3) is 0 Å². The van der Waals surface area contributed by atoms with Gasteiger partial charge in [0.1, 0.15) is 28.7 Å². The van der Waals surface area contributed by atoms with E-state index in [2.05, 4.69) is 31.2 Å². The zero-order valence-electron chi connectivity index (χ0n) is 23.8. The number of fused-ring (bicyclic) bond motifs is 1. The average molecular weight is 541 g/mol. The maximum absolute atomic E-state index is 14.3. The Kier molecular flexibility index (Phi) is 7.28. The van der Waals surface area contributed by atoms with Crippen molar-refractivity contribution < 1.29 is 23.9 Å². The first kappa shape index (κ1) is 27.1. The number of ether oxygens (including phenoxy) is 2. The minimum Gasteiger partial charge on any atom is -0.497 e. The van der Waals surface area contributed by atoms with Gasteiger partial charge in [-0.15, -0.1) is 0 Å². The van der Waals surface area contributed by atoms with Crippen molar-refractivity contribution in [3.63, 3.8) is 0 Å². The zero-order chi connectivity index (χ0) is 28.0. The summed E-state index contributed by atoms with van der Waals surface area (Å²) in [4.78, 5) is 42.4. The summed E-state index contributed by atoms with van der Waals surface area (Å²) in [6, 6.07) is 15.7. The summed E-state index contributed by atoms with van der Waals surface area (Å²) in [5.74, 6) is -0.540. The molecule has 0 N–H and O–H groups in total. The van der Waals surface area contributed by atoms with Crippen LogP contribution in [0.4, 0.5) is 0 Å². The number of rotatable bonds is 9. The molecule has 2 aliphatic carbocycles. The highest BCUT2D eigenvalue weighted by atomic mass is 16.5.